The molecule has 9 nitrogen and oxygen atoms in total. The number of phosphoric ester groups is 1. The molecule has 77 heavy (non-hydrogen) atoms. The van der Waals surface area contributed by atoms with Crippen LogP contribution in [0.25, 0.3) is 0 Å². The molecular formula is C67H118N2O7P+. The lowest BCUT2D eigenvalue weighted by molar-refractivity contribution is -0.870. The van der Waals surface area contributed by atoms with Gasteiger partial charge in [0.1, 0.15) is 19.3 Å². The fourth-order valence-electron chi connectivity index (χ4n) is 8.47. The fraction of sp³-hybridized carbons (Fsp3) is 0.687. The van der Waals surface area contributed by atoms with Gasteiger partial charge in [0, 0.05) is 6.42 Å². The first-order chi connectivity index (χ1) is 37.4. The highest BCUT2D eigenvalue weighted by Gasteiger charge is 2.32. The van der Waals surface area contributed by atoms with Gasteiger partial charge in [0.25, 0.3) is 0 Å². The zero-order valence-corrected chi connectivity index (χ0v) is 50.9. The van der Waals surface area contributed by atoms with Gasteiger partial charge in [-0.15, -0.1) is 0 Å². The Labute approximate surface area is 474 Å². The largest absolute Gasteiger partial charge is 0.472 e. The lowest BCUT2D eigenvalue weighted by atomic mass is 9.99. The molecule has 0 saturated carbocycles. The van der Waals surface area contributed by atoms with E-state index in [1.165, 1.54) is 96.3 Å². The predicted octanol–water partition coefficient (Wildman–Crippen LogP) is 18.3. The Hall–Kier alpha value is -3.14. The third-order valence-corrected chi connectivity index (χ3v) is 14.3. The van der Waals surface area contributed by atoms with Crippen molar-refractivity contribution in [3.63, 3.8) is 0 Å². The zero-order valence-electron chi connectivity index (χ0n) is 50.0. The summed E-state index contributed by atoms with van der Waals surface area (Å²) in [5, 5.41) is 24.8. The standard InChI is InChI=1S/C67H117N2O7P/c1-6-8-10-12-14-16-18-20-21-22-23-24-25-26-27-28-29-30-31-32-33-34-35-36-37-38-39-40-41-42-43-44-45-46-47-48-50-52-54-56-58-60-66(71)68-64(63-76-77(73,74)75-62-61-69(3,4)5)67(72)65(70)59-57-55-53-51-49-19-17-15-13-11-9-7-2/h8,10,14,16,20-21,23-24,26-27,29-30,32-33,35-36,38-39,41-42,64-65,67,70,72H,6-7,9,11-13,15,17-19,22,25,28,31,34,37,40,43-63H2,1-5H3,(H-,68,71,73,74)/p+1/b10-8-,16-14-,21-20-,24-23-,27-26-,30-29-,33-32-,36-35-,39-38-,42-41-. The maximum atomic E-state index is 13.0. The molecule has 0 rings (SSSR count). The van der Waals surface area contributed by atoms with E-state index in [1.807, 2.05) is 21.1 Å². The molecule has 4 N–H and O–H groups in total. The van der Waals surface area contributed by atoms with Crippen LogP contribution in [0.2, 0.25) is 0 Å². The molecule has 10 heteroatoms. The van der Waals surface area contributed by atoms with Gasteiger partial charge < -0.3 is 24.9 Å². The molecule has 0 fully saturated rings. The molecule has 4 atom stereocenters. The van der Waals surface area contributed by atoms with Gasteiger partial charge in [-0.05, 0) is 89.9 Å². The van der Waals surface area contributed by atoms with Crippen molar-refractivity contribution in [2.75, 3.05) is 40.9 Å². The van der Waals surface area contributed by atoms with Gasteiger partial charge in [0.15, 0.2) is 0 Å². The van der Waals surface area contributed by atoms with Crippen LogP contribution in [0.3, 0.4) is 0 Å². The summed E-state index contributed by atoms with van der Waals surface area (Å²) in [5.41, 5.74) is 0. The third-order valence-electron chi connectivity index (χ3n) is 13.3. The topological polar surface area (TPSA) is 125 Å². The number of nitrogens with zero attached hydrogens (tertiary/aromatic N) is 1. The van der Waals surface area contributed by atoms with Crippen molar-refractivity contribution in [3.8, 4) is 0 Å². The van der Waals surface area contributed by atoms with Gasteiger partial charge in [-0.3, -0.25) is 13.8 Å². The number of carbonyl (C=O) groups excluding carboxylic acids is 1. The monoisotopic (exact) mass is 1090 g/mol. The molecule has 0 aromatic carbocycles. The Bertz CT molecular complexity index is 1690. The van der Waals surface area contributed by atoms with Crippen molar-refractivity contribution in [2.24, 2.45) is 0 Å². The Morgan fingerprint density at radius 1 is 0.468 bits per heavy atom. The second-order valence-electron chi connectivity index (χ2n) is 21.8. The van der Waals surface area contributed by atoms with Gasteiger partial charge >= 0.3 is 7.82 Å². The maximum absolute atomic E-state index is 13.0. The minimum atomic E-state index is -4.43. The molecule has 442 valence electrons. The average molecular weight is 1090 g/mol. The number of allylic oxidation sites excluding steroid dienone is 20. The Balaban J connectivity index is 4.12. The number of rotatable bonds is 55. The Morgan fingerprint density at radius 2 is 0.805 bits per heavy atom. The normalized spacial score (nSPS) is 15.1. The van der Waals surface area contributed by atoms with E-state index in [0.29, 0.717) is 17.4 Å². The maximum Gasteiger partial charge on any atom is 0.472 e. The van der Waals surface area contributed by atoms with Crippen LogP contribution in [-0.2, 0) is 18.4 Å². The molecule has 0 heterocycles. The van der Waals surface area contributed by atoms with Crippen LogP contribution in [0.1, 0.15) is 239 Å². The highest BCUT2D eigenvalue weighted by atomic mass is 31.2. The zero-order chi connectivity index (χ0) is 56.4. The molecule has 0 saturated heterocycles. The lowest BCUT2D eigenvalue weighted by Crippen LogP contribution is -2.51. The van der Waals surface area contributed by atoms with E-state index in [2.05, 4.69) is 141 Å². The van der Waals surface area contributed by atoms with Crippen LogP contribution in [0.15, 0.2) is 122 Å². The number of hydrogen-bond acceptors (Lipinski definition) is 6. The van der Waals surface area contributed by atoms with E-state index in [-0.39, 0.29) is 18.9 Å². The number of hydrogen-bond donors (Lipinski definition) is 4. The van der Waals surface area contributed by atoms with Crippen LogP contribution < -0.4 is 5.32 Å². The van der Waals surface area contributed by atoms with E-state index in [4.69, 9.17) is 9.05 Å². The molecule has 0 spiro atoms. The minimum Gasteiger partial charge on any atom is -0.390 e. The second kappa shape index (κ2) is 56.1. The number of phosphoric acid groups is 1. The minimum absolute atomic E-state index is 0.0161. The number of carbonyl (C=O) groups is 1. The molecule has 0 bridgehead atoms. The first kappa shape index (κ1) is 73.9. The molecule has 1 amide bonds. The third kappa shape index (κ3) is 57.4. The Kier molecular flexibility index (Phi) is 53.9. The average Bonchev–Trinajstić information content (AvgIpc) is 3.39. The van der Waals surface area contributed by atoms with Crippen LogP contribution in [-0.4, -0.2) is 84.6 Å². The highest BCUT2D eigenvalue weighted by Crippen LogP contribution is 2.43. The summed E-state index contributed by atoms with van der Waals surface area (Å²) in [6.45, 7) is 4.48. The number of amides is 1. The van der Waals surface area contributed by atoms with Gasteiger partial charge in [-0.1, -0.05) is 264 Å². The predicted molar refractivity (Wildman–Crippen MR) is 333 cm³/mol. The van der Waals surface area contributed by atoms with Crippen molar-refractivity contribution >= 4 is 13.7 Å². The summed E-state index contributed by atoms with van der Waals surface area (Å²) in [6, 6.07) is -1.04. The summed E-state index contributed by atoms with van der Waals surface area (Å²) in [7, 11) is 1.42. The van der Waals surface area contributed by atoms with E-state index < -0.39 is 32.7 Å². The number of unbranched alkanes of at least 4 members (excludes halogenated alkanes) is 21. The fourth-order valence-corrected chi connectivity index (χ4v) is 9.20. The van der Waals surface area contributed by atoms with E-state index in [9.17, 15) is 24.5 Å². The molecule has 0 aromatic rings. The van der Waals surface area contributed by atoms with Crippen molar-refractivity contribution < 1.29 is 38.0 Å². The molecule has 0 aliphatic heterocycles. The summed E-state index contributed by atoms with van der Waals surface area (Å²) in [4.78, 5) is 23.3. The first-order valence-electron chi connectivity index (χ1n) is 31.0. The summed E-state index contributed by atoms with van der Waals surface area (Å²) >= 11 is 0. The molecular weight excluding hydrogens is 976 g/mol. The lowest BCUT2D eigenvalue weighted by Gasteiger charge is -2.28. The summed E-state index contributed by atoms with van der Waals surface area (Å²) in [5.74, 6) is -0.267. The summed E-state index contributed by atoms with van der Waals surface area (Å²) < 4.78 is 23.6. The number of aliphatic hydroxyl groups excluding tert-OH is 2. The number of nitrogens with one attached hydrogen (secondary N) is 1. The van der Waals surface area contributed by atoms with Crippen LogP contribution in [0.4, 0.5) is 0 Å². The Morgan fingerprint density at radius 3 is 1.18 bits per heavy atom. The SMILES string of the molecule is CC/C=C\C/C=C\C/C=C\C/C=C\C/C=C\C/C=C\C/C=C\C/C=C\C/C=C\C/C=C\CCCCCCCCCCCCC(=O)NC(COP(=O)(O)OCC[N+](C)(C)C)C(O)C(O)CCCCCCCCCCCCCC. The van der Waals surface area contributed by atoms with Crippen molar-refractivity contribution in [1.29, 1.82) is 0 Å². The van der Waals surface area contributed by atoms with Crippen molar-refractivity contribution in [2.45, 2.75) is 257 Å². The number of likely N-dealkylation sites (N-methyl/N-ethyl adjacent to an activating group) is 1. The van der Waals surface area contributed by atoms with Crippen molar-refractivity contribution in [3.05, 3.63) is 122 Å². The van der Waals surface area contributed by atoms with E-state index in [1.54, 1.807) is 0 Å². The molecule has 0 aliphatic carbocycles. The second-order valence-corrected chi connectivity index (χ2v) is 23.3. The van der Waals surface area contributed by atoms with Gasteiger partial charge in [0.2, 0.25) is 5.91 Å². The molecule has 0 radical (unpaired) electrons. The van der Waals surface area contributed by atoms with Crippen molar-refractivity contribution in [1.82, 2.24) is 5.32 Å². The molecule has 0 aliphatic rings. The molecule has 0 aromatic heterocycles. The van der Waals surface area contributed by atoms with Gasteiger partial charge in [-0.2, -0.15) is 0 Å². The highest BCUT2D eigenvalue weighted by molar-refractivity contribution is 7.47. The van der Waals surface area contributed by atoms with E-state index >= 15 is 0 Å². The quantitative estimate of drug-likeness (QED) is 0.0207. The van der Waals surface area contributed by atoms with Gasteiger partial charge in [-0.25, -0.2) is 4.57 Å². The van der Waals surface area contributed by atoms with Gasteiger partial charge in [0.05, 0.1) is 39.9 Å². The smallest absolute Gasteiger partial charge is 0.390 e. The number of quaternary nitrogens is 1. The van der Waals surface area contributed by atoms with E-state index in [0.717, 1.165) is 116 Å². The van der Waals surface area contributed by atoms with Crippen LogP contribution in [0, 0.1) is 0 Å². The van der Waals surface area contributed by atoms with Crippen LogP contribution in [0.5, 0.6) is 0 Å². The van der Waals surface area contributed by atoms with Crippen LogP contribution >= 0.6 is 7.82 Å². The summed E-state index contributed by atoms with van der Waals surface area (Å²) in [6.07, 6.45) is 80.1. The number of aliphatic hydroxyl groups is 2. The first-order valence-corrected chi connectivity index (χ1v) is 32.5. The molecule has 4 unspecified atom stereocenters.